The van der Waals surface area contributed by atoms with Crippen LogP contribution in [0.25, 0.3) is 0 Å². The highest BCUT2D eigenvalue weighted by Gasteiger charge is 2.13. The highest BCUT2D eigenvalue weighted by atomic mass is 16.6. The molecule has 0 unspecified atom stereocenters. The molecule has 102 valence electrons. The molecular weight excluding hydrogens is 262 g/mol. The number of hydrogen-bond acceptors (Lipinski definition) is 6. The van der Waals surface area contributed by atoms with E-state index in [1.807, 2.05) is 0 Å². The minimum atomic E-state index is -0.470. The molecule has 0 saturated heterocycles. The largest absolute Gasteiger partial charge is 0.437 e. The van der Waals surface area contributed by atoms with Gasteiger partial charge >= 0.3 is 0 Å². The molecule has 0 aliphatic rings. The molecule has 3 N–H and O–H groups in total. The van der Waals surface area contributed by atoms with E-state index in [0.29, 0.717) is 16.9 Å². The Labute approximate surface area is 113 Å². The van der Waals surface area contributed by atoms with Gasteiger partial charge in [0.2, 0.25) is 5.88 Å². The molecule has 2 rings (SSSR count). The Morgan fingerprint density at radius 1 is 1.45 bits per heavy atom. The summed E-state index contributed by atoms with van der Waals surface area (Å²) in [6.07, 6.45) is 1.39. The van der Waals surface area contributed by atoms with Crippen LogP contribution in [-0.4, -0.2) is 21.0 Å². The number of ether oxygens (including phenoxy) is 1. The topological polar surface area (TPSA) is 128 Å². The summed E-state index contributed by atoms with van der Waals surface area (Å²) in [5, 5.41) is 25.6. The van der Waals surface area contributed by atoms with Crippen LogP contribution >= 0.6 is 0 Å². The molecule has 1 aromatic carbocycles. The van der Waals surface area contributed by atoms with Crippen molar-refractivity contribution < 1.29 is 9.66 Å². The summed E-state index contributed by atoms with van der Waals surface area (Å²) in [5.41, 5.74) is 6.17. The normalized spacial score (nSPS) is 10.1. The predicted octanol–water partition coefficient (Wildman–Crippen LogP) is 1.77. The van der Waals surface area contributed by atoms with E-state index >= 15 is 0 Å². The predicted molar refractivity (Wildman–Crippen MR) is 71.0 cm³/mol. The van der Waals surface area contributed by atoms with Crippen LogP contribution in [-0.2, 0) is 0 Å². The number of aromatic nitrogens is 2. The average molecular weight is 273 g/mol. The fourth-order valence-corrected chi connectivity index (χ4v) is 1.61. The quantitative estimate of drug-likeness (QED) is 0.378. The molecule has 0 aliphatic carbocycles. The van der Waals surface area contributed by atoms with Crippen LogP contribution in [0.5, 0.6) is 11.6 Å². The highest BCUT2D eigenvalue weighted by molar-refractivity contribution is 5.96. The zero-order chi connectivity index (χ0) is 14.7. The summed E-state index contributed by atoms with van der Waals surface area (Å²) in [7, 11) is 0. The second-order valence-electron chi connectivity index (χ2n) is 3.97. The minimum absolute atomic E-state index is 0.00304. The number of nitrogens with one attached hydrogen (secondary N) is 1. The molecule has 0 spiro atoms. The maximum Gasteiger partial charge on any atom is 0.272 e. The highest BCUT2D eigenvalue weighted by Crippen LogP contribution is 2.27. The fraction of sp³-hybridized carbons (Fsp3) is 0.0833. The molecule has 2 aromatic rings. The molecule has 0 amide bonds. The van der Waals surface area contributed by atoms with Crippen LogP contribution in [0.1, 0.15) is 11.1 Å². The summed E-state index contributed by atoms with van der Waals surface area (Å²) >= 11 is 0. The standard InChI is InChI=1S/C12H11N5O3/c1-7-6-8(2-3-10(7)17(18)19)20-12-9(11(13)14)4-5-15-16-12/h2-6H,1H3,(H3,13,14). The van der Waals surface area contributed by atoms with Crippen LogP contribution in [0, 0.1) is 22.4 Å². The Kier molecular flexibility index (Phi) is 3.56. The van der Waals surface area contributed by atoms with Gasteiger partial charge in [-0.15, -0.1) is 5.10 Å². The number of nitrogens with two attached hydrogens (primary N) is 1. The number of amidine groups is 1. The van der Waals surface area contributed by atoms with Gasteiger partial charge in [-0.1, -0.05) is 0 Å². The van der Waals surface area contributed by atoms with E-state index < -0.39 is 4.92 Å². The van der Waals surface area contributed by atoms with E-state index in [1.165, 1.54) is 30.5 Å². The van der Waals surface area contributed by atoms with E-state index in [0.717, 1.165) is 0 Å². The van der Waals surface area contributed by atoms with Gasteiger partial charge in [-0.25, -0.2) is 0 Å². The van der Waals surface area contributed by atoms with Gasteiger partial charge in [-0.05, 0) is 25.1 Å². The molecule has 0 aliphatic heterocycles. The Balaban J connectivity index is 2.34. The van der Waals surface area contributed by atoms with E-state index in [2.05, 4.69) is 10.2 Å². The van der Waals surface area contributed by atoms with E-state index in [9.17, 15) is 10.1 Å². The van der Waals surface area contributed by atoms with Crippen molar-refractivity contribution in [2.45, 2.75) is 6.92 Å². The lowest BCUT2D eigenvalue weighted by atomic mass is 10.2. The number of rotatable bonds is 4. The SMILES string of the molecule is Cc1cc(Oc2nnccc2C(=N)N)ccc1[N+](=O)[O-]. The van der Waals surface area contributed by atoms with E-state index in [4.69, 9.17) is 15.9 Å². The molecule has 8 nitrogen and oxygen atoms in total. The molecule has 0 atom stereocenters. The summed E-state index contributed by atoms with van der Waals surface area (Å²) < 4.78 is 5.47. The van der Waals surface area contributed by atoms with Gasteiger partial charge in [0.1, 0.15) is 11.6 Å². The van der Waals surface area contributed by atoms with Gasteiger partial charge in [0.25, 0.3) is 5.69 Å². The van der Waals surface area contributed by atoms with Crippen molar-refractivity contribution in [3.63, 3.8) is 0 Å². The van der Waals surface area contributed by atoms with Gasteiger partial charge in [0, 0.05) is 11.6 Å². The van der Waals surface area contributed by atoms with Gasteiger partial charge in [0.05, 0.1) is 16.7 Å². The first-order valence-electron chi connectivity index (χ1n) is 5.58. The number of benzene rings is 1. The summed E-state index contributed by atoms with van der Waals surface area (Å²) in [5.74, 6) is 0.234. The number of nitro benzene ring substituents is 1. The Bertz CT molecular complexity index is 687. The maximum atomic E-state index is 10.7. The lowest BCUT2D eigenvalue weighted by Crippen LogP contribution is -2.13. The molecule has 1 aromatic heterocycles. The Morgan fingerprint density at radius 3 is 2.80 bits per heavy atom. The zero-order valence-corrected chi connectivity index (χ0v) is 10.5. The van der Waals surface area contributed by atoms with Crippen LogP contribution < -0.4 is 10.5 Å². The molecule has 20 heavy (non-hydrogen) atoms. The van der Waals surface area contributed by atoms with Crippen molar-refractivity contribution in [1.82, 2.24) is 10.2 Å². The molecule has 0 radical (unpaired) electrons. The fourth-order valence-electron chi connectivity index (χ4n) is 1.61. The van der Waals surface area contributed by atoms with Gasteiger partial charge in [-0.2, -0.15) is 5.10 Å². The van der Waals surface area contributed by atoms with Crippen LogP contribution in [0.3, 0.4) is 0 Å². The first kappa shape index (κ1) is 13.4. The molecule has 8 heteroatoms. The first-order valence-corrected chi connectivity index (χ1v) is 5.58. The third kappa shape index (κ3) is 2.69. The first-order chi connectivity index (χ1) is 9.49. The van der Waals surface area contributed by atoms with Crippen molar-refractivity contribution in [1.29, 1.82) is 5.41 Å². The molecular formula is C12H11N5O3. The maximum absolute atomic E-state index is 10.7. The van der Waals surface area contributed by atoms with Crippen molar-refractivity contribution in [3.8, 4) is 11.6 Å². The smallest absolute Gasteiger partial charge is 0.272 e. The third-order valence-electron chi connectivity index (χ3n) is 2.56. The number of nitrogen functional groups attached to an aromatic ring is 1. The van der Waals surface area contributed by atoms with Crippen molar-refractivity contribution in [2.24, 2.45) is 5.73 Å². The lowest BCUT2D eigenvalue weighted by molar-refractivity contribution is -0.385. The average Bonchev–Trinajstić information content (AvgIpc) is 2.38. The summed E-state index contributed by atoms with van der Waals surface area (Å²) in [6, 6.07) is 5.80. The lowest BCUT2D eigenvalue weighted by Gasteiger charge is -2.08. The van der Waals surface area contributed by atoms with E-state index in [1.54, 1.807) is 6.92 Å². The second-order valence-corrected chi connectivity index (χ2v) is 3.97. The minimum Gasteiger partial charge on any atom is -0.437 e. The number of nitro groups is 1. The Hall–Kier alpha value is -3.03. The van der Waals surface area contributed by atoms with E-state index in [-0.39, 0.29) is 17.4 Å². The number of aryl methyl sites for hydroxylation is 1. The number of nitrogens with zero attached hydrogens (tertiary/aromatic N) is 3. The van der Waals surface area contributed by atoms with Crippen LogP contribution in [0.4, 0.5) is 5.69 Å². The second kappa shape index (κ2) is 5.31. The molecule has 0 saturated carbocycles. The third-order valence-corrected chi connectivity index (χ3v) is 2.56. The monoisotopic (exact) mass is 273 g/mol. The molecule has 0 bridgehead atoms. The number of hydrogen-bond donors (Lipinski definition) is 2. The summed E-state index contributed by atoms with van der Waals surface area (Å²) in [4.78, 5) is 10.3. The summed E-state index contributed by atoms with van der Waals surface area (Å²) in [6.45, 7) is 1.60. The zero-order valence-electron chi connectivity index (χ0n) is 10.5. The van der Waals surface area contributed by atoms with Gasteiger partial charge in [0.15, 0.2) is 0 Å². The van der Waals surface area contributed by atoms with Crippen molar-refractivity contribution in [2.75, 3.05) is 0 Å². The molecule has 1 heterocycles. The Morgan fingerprint density at radius 2 is 2.20 bits per heavy atom. The van der Waals surface area contributed by atoms with Gasteiger partial charge < -0.3 is 10.5 Å². The van der Waals surface area contributed by atoms with Crippen molar-refractivity contribution >= 4 is 11.5 Å². The van der Waals surface area contributed by atoms with Crippen LogP contribution in [0.2, 0.25) is 0 Å². The van der Waals surface area contributed by atoms with Crippen molar-refractivity contribution in [3.05, 3.63) is 51.7 Å². The molecule has 0 fully saturated rings. The van der Waals surface area contributed by atoms with Gasteiger partial charge in [-0.3, -0.25) is 15.5 Å². The van der Waals surface area contributed by atoms with Crippen LogP contribution in [0.15, 0.2) is 30.5 Å².